The Bertz CT molecular complexity index is 596. The Hall–Kier alpha value is -2.11. The first-order valence-corrected chi connectivity index (χ1v) is 6.81. The van der Waals surface area contributed by atoms with E-state index < -0.39 is 12.7 Å². The van der Waals surface area contributed by atoms with Crippen molar-refractivity contribution in [1.29, 1.82) is 0 Å². The highest BCUT2D eigenvalue weighted by atomic mass is 19.3. The second-order valence-electron chi connectivity index (χ2n) is 5.15. The Kier molecular flexibility index (Phi) is 3.53. The molecule has 1 aliphatic carbocycles. The molecule has 1 unspecified atom stereocenters. The molecule has 1 N–H and O–H groups in total. The third-order valence-electron chi connectivity index (χ3n) is 3.40. The van der Waals surface area contributed by atoms with Crippen LogP contribution in [-0.2, 0) is 9.53 Å². The summed E-state index contributed by atoms with van der Waals surface area (Å²) in [5.74, 6) is 0.296. The van der Waals surface area contributed by atoms with E-state index in [4.69, 9.17) is 4.74 Å². The number of carbonyl (C=O) groups excluding carboxylic acids is 1. The molecular weight excluding hydrogens is 280 g/mol. The van der Waals surface area contributed by atoms with Gasteiger partial charge in [-0.25, -0.2) is 0 Å². The van der Waals surface area contributed by atoms with Crippen molar-refractivity contribution in [3.05, 3.63) is 35.7 Å². The van der Waals surface area contributed by atoms with Gasteiger partial charge in [0.1, 0.15) is 5.75 Å². The number of rotatable bonds is 5. The summed E-state index contributed by atoms with van der Waals surface area (Å²) in [6.07, 6.45) is 1.51. The van der Waals surface area contributed by atoms with Crippen molar-refractivity contribution in [3.63, 3.8) is 0 Å². The molecule has 2 aliphatic rings. The van der Waals surface area contributed by atoms with E-state index in [1.807, 2.05) is 0 Å². The number of ketones is 1. The van der Waals surface area contributed by atoms with Gasteiger partial charge in [0.15, 0.2) is 12.0 Å². The monoisotopic (exact) mass is 295 g/mol. The number of hydrogen-bond acceptors (Lipinski definition) is 4. The molecule has 0 bridgehead atoms. The van der Waals surface area contributed by atoms with Gasteiger partial charge in [0, 0.05) is 6.04 Å². The Morgan fingerprint density at radius 1 is 1.38 bits per heavy atom. The van der Waals surface area contributed by atoms with Gasteiger partial charge in [0.2, 0.25) is 5.78 Å². The van der Waals surface area contributed by atoms with Crippen molar-refractivity contribution >= 4 is 11.4 Å². The predicted octanol–water partition coefficient (Wildman–Crippen LogP) is 2.70. The Labute approximate surface area is 120 Å². The second kappa shape index (κ2) is 5.35. The number of hydrogen-bond donors (Lipinski definition) is 1. The van der Waals surface area contributed by atoms with Crippen LogP contribution in [0.25, 0.3) is 5.57 Å². The van der Waals surface area contributed by atoms with E-state index in [-0.39, 0.29) is 11.5 Å². The molecule has 21 heavy (non-hydrogen) atoms. The number of nitrogens with one attached hydrogen (secondary N) is 1. The third kappa shape index (κ3) is 2.99. The fourth-order valence-electron chi connectivity index (χ4n) is 2.22. The van der Waals surface area contributed by atoms with Crippen LogP contribution in [0.15, 0.2) is 30.1 Å². The molecule has 0 amide bonds. The summed E-state index contributed by atoms with van der Waals surface area (Å²) in [5, 5.41) is 3.17. The largest absolute Gasteiger partial charge is 0.467 e. The summed E-state index contributed by atoms with van der Waals surface area (Å²) in [6, 6.07) is 6.43. The van der Waals surface area contributed by atoms with Crippen molar-refractivity contribution in [2.75, 3.05) is 0 Å². The molecule has 1 atom stereocenters. The molecule has 1 fully saturated rings. The summed E-state index contributed by atoms with van der Waals surface area (Å²) < 4.78 is 34.5. The number of ether oxygens (including phenoxy) is 2. The molecule has 3 rings (SSSR count). The number of halogens is 2. The maximum Gasteiger partial charge on any atom is 0.387 e. The summed E-state index contributed by atoms with van der Waals surface area (Å²) in [6.45, 7) is -1.23. The normalized spacial score (nSPS) is 21.7. The van der Waals surface area contributed by atoms with Crippen LogP contribution in [0.3, 0.4) is 0 Å². The number of benzene rings is 1. The number of carbonyl (C=O) groups is 1. The molecule has 1 aromatic rings. The smallest absolute Gasteiger partial charge is 0.387 e. The van der Waals surface area contributed by atoms with Gasteiger partial charge in [0.25, 0.3) is 0 Å². The molecule has 1 heterocycles. The predicted molar refractivity (Wildman–Crippen MR) is 71.7 cm³/mol. The van der Waals surface area contributed by atoms with E-state index in [0.717, 1.165) is 12.8 Å². The minimum Gasteiger partial charge on any atom is -0.467 e. The number of Topliss-reactive ketones (excluding diaryl/α,β-unsaturated/α-hetero) is 1. The summed E-state index contributed by atoms with van der Waals surface area (Å²) in [4.78, 5) is 12.2. The standard InChI is InChI=1S/C15H15F2NO3/c1-8-13(19)12(14(20-8)18-10-5-6-10)9-3-2-4-11(7-9)21-15(16)17/h2-4,7-8,10,15,18H,5-6H2,1H3. The lowest BCUT2D eigenvalue weighted by molar-refractivity contribution is -0.119. The zero-order valence-electron chi connectivity index (χ0n) is 11.4. The maximum atomic E-state index is 12.3. The minimum absolute atomic E-state index is 0.0214. The molecular formula is C15H15F2NO3. The Balaban J connectivity index is 1.93. The lowest BCUT2D eigenvalue weighted by Gasteiger charge is -2.09. The SMILES string of the molecule is CC1OC(NC2CC2)=C(c2cccc(OC(F)F)c2)C1=O. The lowest BCUT2D eigenvalue weighted by Crippen LogP contribution is -2.18. The molecule has 0 radical (unpaired) electrons. The van der Waals surface area contributed by atoms with Crippen LogP contribution in [0.4, 0.5) is 8.78 Å². The Morgan fingerprint density at radius 3 is 2.81 bits per heavy atom. The maximum absolute atomic E-state index is 12.3. The van der Waals surface area contributed by atoms with Crippen LogP contribution in [0.5, 0.6) is 5.75 Å². The highest BCUT2D eigenvalue weighted by Crippen LogP contribution is 2.33. The second-order valence-corrected chi connectivity index (χ2v) is 5.15. The fraction of sp³-hybridized carbons (Fsp3) is 0.400. The third-order valence-corrected chi connectivity index (χ3v) is 3.40. The van der Waals surface area contributed by atoms with Crippen LogP contribution < -0.4 is 10.1 Å². The van der Waals surface area contributed by atoms with Crippen LogP contribution in [0.1, 0.15) is 25.3 Å². The van der Waals surface area contributed by atoms with Crippen LogP contribution in [-0.4, -0.2) is 24.5 Å². The van der Waals surface area contributed by atoms with Gasteiger partial charge < -0.3 is 14.8 Å². The van der Waals surface area contributed by atoms with Crippen LogP contribution in [0.2, 0.25) is 0 Å². The van der Waals surface area contributed by atoms with Crippen LogP contribution >= 0.6 is 0 Å². The van der Waals surface area contributed by atoms with Gasteiger partial charge in [0.05, 0.1) is 5.57 Å². The van der Waals surface area contributed by atoms with Gasteiger partial charge in [-0.1, -0.05) is 12.1 Å². The molecule has 4 nitrogen and oxygen atoms in total. The fourth-order valence-corrected chi connectivity index (χ4v) is 2.22. The lowest BCUT2D eigenvalue weighted by atomic mass is 10.0. The van der Waals surface area contributed by atoms with E-state index in [1.54, 1.807) is 19.1 Å². The van der Waals surface area contributed by atoms with E-state index >= 15 is 0 Å². The summed E-state index contributed by atoms with van der Waals surface area (Å²) in [7, 11) is 0. The van der Waals surface area contributed by atoms with Crippen molar-refractivity contribution in [2.24, 2.45) is 0 Å². The quantitative estimate of drug-likeness (QED) is 0.907. The van der Waals surface area contributed by atoms with E-state index in [0.29, 0.717) is 23.1 Å². The topological polar surface area (TPSA) is 47.6 Å². The molecule has 1 aromatic carbocycles. The zero-order chi connectivity index (χ0) is 15.0. The van der Waals surface area contributed by atoms with Gasteiger partial charge in [-0.05, 0) is 37.5 Å². The molecule has 112 valence electrons. The van der Waals surface area contributed by atoms with Gasteiger partial charge in [-0.15, -0.1) is 0 Å². The zero-order valence-corrected chi connectivity index (χ0v) is 11.4. The van der Waals surface area contributed by atoms with Crippen LogP contribution in [0, 0.1) is 0 Å². The van der Waals surface area contributed by atoms with E-state index in [9.17, 15) is 13.6 Å². The first-order chi connectivity index (χ1) is 10.0. The van der Waals surface area contributed by atoms with Crippen molar-refractivity contribution < 1.29 is 23.0 Å². The number of alkyl halides is 2. The van der Waals surface area contributed by atoms with Gasteiger partial charge in [-0.3, -0.25) is 4.79 Å². The molecule has 1 aliphatic heterocycles. The first kappa shape index (κ1) is 13.9. The minimum atomic E-state index is -2.90. The molecule has 0 spiro atoms. The van der Waals surface area contributed by atoms with Crippen molar-refractivity contribution in [2.45, 2.75) is 38.5 Å². The molecule has 0 saturated heterocycles. The average Bonchev–Trinajstić information content (AvgIpc) is 3.17. The highest BCUT2D eigenvalue weighted by Gasteiger charge is 2.35. The molecule has 0 aromatic heterocycles. The average molecular weight is 295 g/mol. The van der Waals surface area contributed by atoms with Gasteiger partial charge in [-0.2, -0.15) is 8.78 Å². The van der Waals surface area contributed by atoms with Gasteiger partial charge >= 0.3 is 6.61 Å². The Morgan fingerprint density at radius 2 is 2.14 bits per heavy atom. The molecule has 6 heteroatoms. The van der Waals surface area contributed by atoms with E-state index in [1.165, 1.54) is 12.1 Å². The van der Waals surface area contributed by atoms with Crippen molar-refractivity contribution in [3.8, 4) is 5.75 Å². The molecule has 1 saturated carbocycles. The highest BCUT2D eigenvalue weighted by molar-refractivity contribution is 6.24. The van der Waals surface area contributed by atoms with Crippen molar-refractivity contribution in [1.82, 2.24) is 5.32 Å². The summed E-state index contributed by atoms with van der Waals surface area (Å²) in [5.41, 5.74) is 0.916. The summed E-state index contributed by atoms with van der Waals surface area (Å²) >= 11 is 0. The van der Waals surface area contributed by atoms with E-state index in [2.05, 4.69) is 10.1 Å². The first-order valence-electron chi connectivity index (χ1n) is 6.81.